The second-order valence-corrected chi connectivity index (χ2v) is 8.95. The lowest BCUT2D eigenvalue weighted by atomic mass is 10.2. The normalized spacial score (nSPS) is 10.8. The molecule has 0 saturated carbocycles. The molecule has 2 heterocycles. The lowest BCUT2D eigenvalue weighted by Crippen LogP contribution is -2.22. The van der Waals surface area contributed by atoms with Gasteiger partial charge in [-0.05, 0) is 30.2 Å². The van der Waals surface area contributed by atoms with E-state index in [1.807, 2.05) is 42.5 Å². The third-order valence-corrected chi connectivity index (χ3v) is 7.00. The number of hydrogen-bond acceptors (Lipinski definition) is 8. The van der Waals surface area contributed by atoms with E-state index in [-0.39, 0.29) is 24.0 Å². The number of carbonyl (C=O) groups is 3. The number of esters is 2. The zero-order valence-corrected chi connectivity index (χ0v) is 19.6. The van der Waals surface area contributed by atoms with E-state index in [9.17, 15) is 14.4 Å². The highest BCUT2D eigenvalue weighted by Crippen LogP contribution is 2.49. The van der Waals surface area contributed by atoms with Gasteiger partial charge in [0.15, 0.2) is 17.2 Å². The fourth-order valence-electron chi connectivity index (χ4n) is 3.36. The second-order valence-electron chi connectivity index (χ2n) is 7.02. The first-order valence-corrected chi connectivity index (χ1v) is 11.9. The van der Waals surface area contributed by atoms with Crippen molar-refractivity contribution < 1.29 is 28.6 Å². The van der Waals surface area contributed by atoms with Crippen LogP contribution in [-0.4, -0.2) is 38.2 Å². The van der Waals surface area contributed by atoms with Crippen LogP contribution in [0.2, 0.25) is 0 Å². The van der Waals surface area contributed by atoms with Gasteiger partial charge < -0.3 is 19.5 Å². The zero-order chi connectivity index (χ0) is 23.4. The molecular weight excluding hydrogens is 462 g/mol. The van der Waals surface area contributed by atoms with Crippen LogP contribution in [0.25, 0.3) is 20.5 Å². The van der Waals surface area contributed by atoms with Crippen molar-refractivity contribution in [2.45, 2.75) is 13.5 Å². The summed E-state index contributed by atoms with van der Waals surface area (Å²) in [4.78, 5) is 37.9. The monoisotopic (exact) mass is 483 g/mol. The van der Waals surface area contributed by atoms with Gasteiger partial charge in [0.25, 0.3) is 5.91 Å². The third-order valence-electron chi connectivity index (χ3n) is 4.85. The molecule has 2 aromatic rings. The van der Waals surface area contributed by atoms with Crippen molar-refractivity contribution in [1.29, 1.82) is 0 Å². The van der Waals surface area contributed by atoms with E-state index < -0.39 is 11.9 Å². The van der Waals surface area contributed by atoms with Crippen LogP contribution >= 0.6 is 22.7 Å². The predicted molar refractivity (Wildman–Crippen MR) is 127 cm³/mol. The topological polar surface area (TPSA) is 90.9 Å². The fraction of sp³-hybridized carbons (Fsp3) is 0.208. The van der Waals surface area contributed by atoms with Crippen molar-refractivity contribution in [3.63, 3.8) is 0 Å². The summed E-state index contributed by atoms with van der Waals surface area (Å²) in [5.41, 5.74) is 2.41. The Hall–Kier alpha value is -3.43. The summed E-state index contributed by atoms with van der Waals surface area (Å²) >= 11 is 2.60. The van der Waals surface area contributed by atoms with E-state index in [2.05, 4.69) is 5.32 Å². The number of ether oxygens (including phenoxy) is 3. The van der Waals surface area contributed by atoms with E-state index in [0.29, 0.717) is 17.9 Å². The van der Waals surface area contributed by atoms with E-state index in [4.69, 9.17) is 14.2 Å². The SMILES string of the molecule is CCOC(=O)COc1c(C(=O)OC)sc2cc3cc(C(=O)NCc4ccccc4)csc-3c12. The van der Waals surface area contributed by atoms with Gasteiger partial charge in [0.1, 0.15) is 0 Å². The number of methoxy groups -OCH3 is 1. The van der Waals surface area contributed by atoms with Crippen molar-refractivity contribution in [3.8, 4) is 16.2 Å². The number of thiophene rings is 1. The maximum atomic E-state index is 12.7. The summed E-state index contributed by atoms with van der Waals surface area (Å²) in [6, 6.07) is 13.4. The minimum atomic E-state index is -0.537. The molecule has 1 amide bonds. The summed E-state index contributed by atoms with van der Waals surface area (Å²) in [7, 11) is 1.29. The summed E-state index contributed by atoms with van der Waals surface area (Å²) in [5, 5.41) is 5.42. The van der Waals surface area contributed by atoms with E-state index >= 15 is 0 Å². The van der Waals surface area contributed by atoms with E-state index in [0.717, 1.165) is 26.1 Å². The first-order valence-electron chi connectivity index (χ1n) is 10.2. The zero-order valence-electron chi connectivity index (χ0n) is 18.0. The molecule has 0 atom stereocenters. The van der Waals surface area contributed by atoms with Crippen LogP contribution in [-0.2, 0) is 20.8 Å². The van der Waals surface area contributed by atoms with Crippen LogP contribution in [0.3, 0.4) is 0 Å². The van der Waals surface area contributed by atoms with Crippen LogP contribution < -0.4 is 10.1 Å². The molecule has 0 fully saturated rings. The van der Waals surface area contributed by atoms with Gasteiger partial charge in [-0.1, -0.05) is 30.3 Å². The van der Waals surface area contributed by atoms with Crippen molar-refractivity contribution in [1.82, 2.24) is 5.32 Å². The van der Waals surface area contributed by atoms with Gasteiger partial charge in [-0.25, -0.2) is 9.59 Å². The maximum Gasteiger partial charge on any atom is 0.351 e. The summed E-state index contributed by atoms with van der Waals surface area (Å²) in [6.45, 7) is 2.07. The Morgan fingerprint density at radius 1 is 1.09 bits per heavy atom. The minimum Gasteiger partial charge on any atom is -0.479 e. The first kappa shape index (κ1) is 22.8. The highest BCUT2D eigenvalue weighted by molar-refractivity contribution is 7.22. The van der Waals surface area contributed by atoms with Crippen molar-refractivity contribution in [2.75, 3.05) is 20.3 Å². The number of amides is 1. The summed E-state index contributed by atoms with van der Waals surface area (Å²) in [5.74, 6) is -0.937. The molecular formula is C24H21NO6S2. The molecule has 0 unspecified atom stereocenters. The highest BCUT2D eigenvalue weighted by Gasteiger charge is 2.27. The lowest BCUT2D eigenvalue weighted by Gasteiger charge is -2.09. The van der Waals surface area contributed by atoms with Gasteiger partial charge in [-0.2, -0.15) is 0 Å². The van der Waals surface area contributed by atoms with Crippen LogP contribution in [0.4, 0.5) is 0 Å². The molecule has 1 N–H and O–H groups in total. The molecule has 1 aromatic carbocycles. The Morgan fingerprint density at radius 3 is 2.61 bits per heavy atom. The first-order chi connectivity index (χ1) is 16.0. The molecule has 0 saturated heterocycles. The van der Waals surface area contributed by atoms with Crippen molar-refractivity contribution in [2.24, 2.45) is 0 Å². The van der Waals surface area contributed by atoms with Crippen molar-refractivity contribution >= 4 is 50.6 Å². The molecule has 0 radical (unpaired) electrons. The molecule has 33 heavy (non-hydrogen) atoms. The quantitative estimate of drug-likeness (QED) is 0.365. The van der Waals surface area contributed by atoms with Crippen LogP contribution in [0, 0.1) is 0 Å². The number of benzene rings is 1. The van der Waals surface area contributed by atoms with Crippen molar-refractivity contribution in [3.05, 3.63) is 63.8 Å². The molecule has 1 aliphatic carbocycles. The maximum absolute atomic E-state index is 12.7. The Morgan fingerprint density at radius 2 is 1.88 bits per heavy atom. The van der Waals surface area contributed by atoms with Gasteiger partial charge in [0, 0.05) is 27.1 Å². The Labute approximate surface area is 198 Å². The molecule has 1 aromatic heterocycles. The van der Waals surface area contributed by atoms with Crippen LogP contribution in [0.1, 0.15) is 32.5 Å². The number of hydrogen-bond donors (Lipinski definition) is 1. The van der Waals surface area contributed by atoms with Gasteiger partial charge in [-0.15, -0.1) is 22.7 Å². The standard InChI is InChI=1S/C24H21NO6S2/c1-3-30-18(26)12-31-20-19-17(33-22(20)24(28)29-2)10-15-9-16(13-32-21(15)19)23(27)25-11-14-7-5-4-6-8-14/h4-10,13H,3,11-12H2,1-2H3,(H,25,27). The van der Waals surface area contributed by atoms with E-state index in [1.165, 1.54) is 29.8 Å². The lowest BCUT2D eigenvalue weighted by molar-refractivity contribution is -0.145. The molecule has 4 rings (SSSR count). The molecule has 170 valence electrons. The molecule has 0 bridgehead atoms. The average molecular weight is 484 g/mol. The Balaban J connectivity index is 1.63. The second kappa shape index (κ2) is 10.0. The average Bonchev–Trinajstić information content (AvgIpc) is 3.37. The van der Waals surface area contributed by atoms with Gasteiger partial charge >= 0.3 is 11.9 Å². The van der Waals surface area contributed by atoms with Crippen LogP contribution in [0.15, 0.2) is 47.8 Å². The molecule has 2 aliphatic rings. The summed E-state index contributed by atoms with van der Waals surface area (Å²) in [6.07, 6.45) is 0. The number of fused-ring (bicyclic) bond motifs is 3. The van der Waals surface area contributed by atoms with E-state index in [1.54, 1.807) is 12.3 Å². The van der Waals surface area contributed by atoms with Gasteiger partial charge in [0.05, 0.1) is 19.1 Å². The smallest absolute Gasteiger partial charge is 0.351 e. The molecule has 0 spiro atoms. The Bertz CT molecular complexity index is 1280. The number of nitrogens with one attached hydrogen (secondary N) is 1. The number of rotatable bonds is 8. The van der Waals surface area contributed by atoms with Crippen LogP contribution in [0.5, 0.6) is 5.75 Å². The number of carbonyl (C=O) groups excluding carboxylic acids is 3. The molecule has 1 aliphatic heterocycles. The third kappa shape index (κ3) is 4.84. The highest BCUT2D eigenvalue weighted by atomic mass is 32.1. The largest absolute Gasteiger partial charge is 0.479 e. The Kier molecular flexibility index (Phi) is 6.90. The summed E-state index contributed by atoms with van der Waals surface area (Å²) < 4.78 is 16.3. The molecule has 9 heteroatoms. The minimum absolute atomic E-state index is 0.171. The molecule has 7 nitrogen and oxygen atoms in total. The van der Waals surface area contributed by atoms with Gasteiger partial charge in [0.2, 0.25) is 0 Å². The van der Waals surface area contributed by atoms with Gasteiger partial charge in [-0.3, -0.25) is 4.79 Å². The predicted octanol–water partition coefficient (Wildman–Crippen LogP) is 4.73. The fourth-order valence-corrected chi connectivity index (χ4v) is 5.54.